The molecule has 0 spiro atoms. The van der Waals surface area contributed by atoms with Gasteiger partial charge in [0.05, 0.1) is 0 Å². The number of hydrogen-bond acceptors (Lipinski definition) is 4. The molecule has 0 bridgehead atoms. The van der Waals surface area contributed by atoms with Gasteiger partial charge in [-0.15, -0.1) is 0 Å². The maximum atomic E-state index is 6.60. The Bertz CT molecular complexity index is 3270. The molecule has 0 unspecified atom stereocenters. The Kier molecular flexibility index (Phi) is 7.14. The van der Waals surface area contributed by atoms with E-state index in [2.05, 4.69) is 158 Å². The van der Waals surface area contributed by atoms with E-state index < -0.39 is 0 Å². The molecular weight excluding hydrogens is 671 g/mol. The van der Waals surface area contributed by atoms with E-state index in [1.807, 2.05) is 30.3 Å². The third kappa shape index (κ3) is 5.26. The van der Waals surface area contributed by atoms with Crippen LogP contribution in [0.25, 0.3) is 111 Å². The van der Waals surface area contributed by atoms with Gasteiger partial charge in [0, 0.05) is 27.5 Å². The van der Waals surface area contributed by atoms with Crippen LogP contribution in [0, 0.1) is 0 Å². The topological polar surface area (TPSA) is 51.8 Å². The molecule has 0 aliphatic rings. The summed E-state index contributed by atoms with van der Waals surface area (Å²) in [5.74, 6) is 1.91. The lowest BCUT2D eigenvalue weighted by atomic mass is 9.92. The quantitative estimate of drug-likeness (QED) is 0.179. The summed E-state index contributed by atoms with van der Waals surface area (Å²) in [5.41, 5.74) is 9.14. The van der Waals surface area contributed by atoms with E-state index in [0.29, 0.717) is 17.5 Å². The van der Waals surface area contributed by atoms with Gasteiger partial charge in [-0.1, -0.05) is 158 Å². The number of benzene rings is 9. The molecule has 2 aromatic heterocycles. The molecule has 0 radical (unpaired) electrons. The van der Waals surface area contributed by atoms with Gasteiger partial charge in [0.25, 0.3) is 0 Å². The molecule has 11 aromatic rings. The van der Waals surface area contributed by atoms with Crippen LogP contribution in [0.1, 0.15) is 0 Å². The second kappa shape index (κ2) is 12.6. The van der Waals surface area contributed by atoms with Crippen LogP contribution in [-0.2, 0) is 0 Å². The van der Waals surface area contributed by atoms with E-state index in [9.17, 15) is 0 Å². The van der Waals surface area contributed by atoms with Gasteiger partial charge in [0.15, 0.2) is 17.5 Å². The summed E-state index contributed by atoms with van der Waals surface area (Å²) >= 11 is 0. The van der Waals surface area contributed by atoms with Gasteiger partial charge < -0.3 is 4.42 Å². The maximum Gasteiger partial charge on any atom is 0.164 e. The lowest BCUT2D eigenvalue weighted by molar-refractivity contribution is 0.669. The first-order valence-corrected chi connectivity index (χ1v) is 18.5. The molecule has 4 nitrogen and oxygen atoms in total. The largest absolute Gasteiger partial charge is 0.456 e. The highest BCUT2D eigenvalue weighted by atomic mass is 16.3. The fraction of sp³-hybridized carbons (Fsp3) is 0. The van der Waals surface area contributed by atoms with Crippen LogP contribution in [-0.4, -0.2) is 15.0 Å². The van der Waals surface area contributed by atoms with Crippen LogP contribution in [0.2, 0.25) is 0 Å². The minimum atomic E-state index is 0.632. The van der Waals surface area contributed by atoms with Crippen molar-refractivity contribution in [1.82, 2.24) is 15.0 Å². The highest BCUT2D eigenvalue weighted by molar-refractivity contribution is 6.17. The summed E-state index contributed by atoms with van der Waals surface area (Å²) < 4.78 is 6.60. The summed E-state index contributed by atoms with van der Waals surface area (Å²) in [6.45, 7) is 0. The first kappa shape index (κ1) is 31.1. The number of aromatic nitrogens is 3. The molecule has 0 aliphatic carbocycles. The van der Waals surface area contributed by atoms with Crippen molar-refractivity contribution >= 4 is 54.3 Å². The molecule has 0 atom stereocenters. The van der Waals surface area contributed by atoms with Crippen molar-refractivity contribution < 1.29 is 4.42 Å². The highest BCUT2D eigenvalue weighted by Crippen LogP contribution is 2.43. The Morgan fingerprint density at radius 3 is 1.76 bits per heavy atom. The van der Waals surface area contributed by atoms with E-state index in [1.165, 1.54) is 21.7 Å². The van der Waals surface area contributed by atoms with Crippen molar-refractivity contribution in [2.75, 3.05) is 0 Å². The normalized spacial score (nSPS) is 11.6. The van der Waals surface area contributed by atoms with Crippen LogP contribution in [0.4, 0.5) is 0 Å². The molecule has 55 heavy (non-hydrogen) atoms. The molecule has 0 N–H and O–H groups in total. The van der Waals surface area contributed by atoms with E-state index in [1.54, 1.807) is 0 Å². The highest BCUT2D eigenvalue weighted by Gasteiger charge is 2.19. The third-order valence-electron chi connectivity index (χ3n) is 10.7. The molecule has 4 heteroatoms. The molecule has 0 saturated carbocycles. The Labute approximate surface area is 317 Å². The third-order valence-corrected chi connectivity index (χ3v) is 10.7. The van der Waals surface area contributed by atoms with Gasteiger partial charge >= 0.3 is 0 Å². The number of fused-ring (bicyclic) bond motifs is 6. The van der Waals surface area contributed by atoms with Gasteiger partial charge in [-0.25, -0.2) is 15.0 Å². The first-order chi connectivity index (χ1) is 27.2. The van der Waals surface area contributed by atoms with E-state index in [4.69, 9.17) is 19.4 Å². The zero-order chi connectivity index (χ0) is 36.3. The van der Waals surface area contributed by atoms with Crippen LogP contribution in [0.5, 0.6) is 0 Å². The fourth-order valence-electron chi connectivity index (χ4n) is 8.09. The molecule has 0 fully saturated rings. The average Bonchev–Trinajstić information content (AvgIpc) is 3.64. The maximum absolute atomic E-state index is 6.60. The molecule has 256 valence electrons. The summed E-state index contributed by atoms with van der Waals surface area (Å²) in [6, 6.07) is 65.8. The number of hydrogen-bond donors (Lipinski definition) is 0. The van der Waals surface area contributed by atoms with E-state index >= 15 is 0 Å². The lowest BCUT2D eigenvalue weighted by Gasteiger charge is -2.14. The predicted octanol–water partition coefficient (Wildman–Crippen LogP) is 13.6. The van der Waals surface area contributed by atoms with Crippen molar-refractivity contribution in [3.05, 3.63) is 188 Å². The van der Waals surface area contributed by atoms with Gasteiger partial charge in [-0.05, 0) is 84.9 Å². The summed E-state index contributed by atoms with van der Waals surface area (Å²) in [4.78, 5) is 15.3. The SMILES string of the molecule is c1ccc(-c2nc(-c3ccc4ccccc4c3)nc(-c3ccc(-c4cccc5oc6cc(-c7cccc8ccccc78)ccc6c45)c4ccccc34)n2)cc1. The van der Waals surface area contributed by atoms with Crippen molar-refractivity contribution in [2.24, 2.45) is 0 Å². The standard InChI is InChI=1S/C51H31N3O/c1-2-14-34(15-3-1)49-52-50(37-25-24-32-12-4-5-16-35(32)30-37)54-51(53-49)44-29-28-42(40-19-8-9-20-41(40)44)43-22-11-23-46-48(43)45-27-26-36(31-47(45)55-46)39-21-10-17-33-13-6-7-18-38(33)39/h1-31H. The Balaban J connectivity index is 1.08. The number of rotatable bonds is 5. The zero-order valence-corrected chi connectivity index (χ0v) is 29.6. The van der Waals surface area contributed by atoms with Gasteiger partial charge in [0.2, 0.25) is 0 Å². The lowest BCUT2D eigenvalue weighted by Crippen LogP contribution is -2.00. The molecule has 0 aliphatic heterocycles. The van der Waals surface area contributed by atoms with Crippen LogP contribution in [0.15, 0.2) is 192 Å². The van der Waals surface area contributed by atoms with Crippen molar-refractivity contribution in [1.29, 1.82) is 0 Å². The first-order valence-electron chi connectivity index (χ1n) is 18.5. The monoisotopic (exact) mass is 701 g/mol. The van der Waals surface area contributed by atoms with Crippen molar-refractivity contribution in [2.45, 2.75) is 0 Å². The van der Waals surface area contributed by atoms with E-state index in [-0.39, 0.29) is 0 Å². The summed E-state index contributed by atoms with van der Waals surface area (Å²) in [7, 11) is 0. The van der Waals surface area contributed by atoms with Gasteiger partial charge in [0.1, 0.15) is 11.2 Å². The average molecular weight is 702 g/mol. The summed E-state index contributed by atoms with van der Waals surface area (Å²) in [5, 5.41) is 9.14. The van der Waals surface area contributed by atoms with Gasteiger partial charge in [-0.2, -0.15) is 0 Å². The minimum Gasteiger partial charge on any atom is -0.456 e. The number of furan rings is 1. The molecule has 0 amide bonds. The molecule has 0 saturated heterocycles. The number of nitrogens with zero attached hydrogens (tertiary/aromatic N) is 3. The Hall–Kier alpha value is -7.43. The summed E-state index contributed by atoms with van der Waals surface area (Å²) in [6.07, 6.45) is 0. The molecule has 2 heterocycles. The van der Waals surface area contributed by atoms with Crippen LogP contribution < -0.4 is 0 Å². The zero-order valence-electron chi connectivity index (χ0n) is 29.6. The van der Waals surface area contributed by atoms with Gasteiger partial charge in [-0.3, -0.25) is 0 Å². The van der Waals surface area contributed by atoms with Crippen LogP contribution in [0.3, 0.4) is 0 Å². The minimum absolute atomic E-state index is 0.632. The van der Waals surface area contributed by atoms with Crippen molar-refractivity contribution in [3.63, 3.8) is 0 Å². The predicted molar refractivity (Wildman–Crippen MR) is 227 cm³/mol. The second-order valence-corrected chi connectivity index (χ2v) is 14.0. The molecule has 11 rings (SSSR count). The smallest absolute Gasteiger partial charge is 0.164 e. The van der Waals surface area contributed by atoms with E-state index in [0.717, 1.165) is 71.5 Å². The van der Waals surface area contributed by atoms with Crippen LogP contribution >= 0.6 is 0 Å². The fourth-order valence-corrected chi connectivity index (χ4v) is 8.09. The molecule has 9 aromatic carbocycles. The molecular formula is C51H31N3O. The Morgan fingerprint density at radius 1 is 0.291 bits per heavy atom. The second-order valence-electron chi connectivity index (χ2n) is 14.0. The Morgan fingerprint density at radius 2 is 0.909 bits per heavy atom. The van der Waals surface area contributed by atoms with Crippen molar-refractivity contribution in [3.8, 4) is 56.4 Å².